The van der Waals surface area contributed by atoms with Crippen molar-refractivity contribution in [2.24, 2.45) is 0 Å². The molecule has 1 aliphatic rings. The number of rotatable bonds is 5. The lowest BCUT2D eigenvalue weighted by Crippen LogP contribution is -2.49. The van der Waals surface area contributed by atoms with Crippen molar-refractivity contribution in [1.29, 1.82) is 0 Å². The van der Waals surface area contributed by atoms with Gasteiger partial charge in [0.2, 0.25) is 5.91 Å². The van der Waals surface area contributed by atoms with Gasteiger partial charge in [0.15, 0.2) is 5.16 Å². The Morgan fingerprint density at radius 1 is 0.844 bits per heavy atom. The predicted molar refractivity (Wildman–Crippen MR) is 127 cm³/mol. The van der Waals surface area contributed by atoms with E-state index < -0.39 is 0 Å². The lowest BCUT2D eigenvalue weighted by molar-refractivity contribution is -0.128. The van der Waals surface area contributed by atoms with Crippen LogP contribution in [-0.2, 0) is 4.79 Å². The van der Waals surface area contributed by atoms with Crippen molar-refractivity contribution in [2.75, 3.05) is 36.8 Å². The standard InChI is InChI=1S/C25H23FN4OS/c26-19-10-12-20(13-11-19)28-14-16-29(17-15-28)24(31)18-32-25-27-22-8-4-5-9-23(22)30(25)21-6-2-1-3-7-21/h1-13H,14-18H2. The first-order valence-electron chi connectivity index (χ1n) is 10.6. The topological polar surface area (TPSA) is 41.4 Å². The third kappa shape index (κ3) is 4.21. The molecule has 5 nitrogen and oxygen atoms in total. The zero-order chi connectivity index (χ0) is 21.9. The van der Waals surface area contributed by atoms with Crippen molar-refractivity contribution in [1.82, 2.24) is 14.5 Å². The van der Waals surface area contributed by atoms with E-state index in [-0.39, 0.29) is 11.7 Å². The summed E-state index contributed by atoms with van der Waals surface area (Å²) in [7, 11) is 0. The molecule has 0 bridgehead atoms. The van der Waals surface area contributed by atoms with Crippen LogP contribution in [0.5, 0.6) is 0 Å². The van der Waals surface area contributed by atoms with Crippen LogP contribution in [0.2, 0.25) is 0 Å². The molecule has 7 heteroatoms. The summed E-state index contributed by atoms with van der Waals surface area (Å²) in [5.74, 6) is 0.216. The number of benzene rings is 3. The van der Waals surface area contributed by atoms with Gasteiger partial charge >= 0.3 is 0 Å². The summed E-state index contributed by atoms with van der Waals surface area (Å²) in [6.07, 6.45) is 0. The third-order valence-corrected chi connectivity index (χ3v) is 6.62. The second kappa shape index (κ2) is 9.04. The Labute approximate surface area is 190 Å². The molecule has 1 amide bonds. The molecule has 1 fully saturated rings. The van der Waals surface area contributed by atoms with Crippen LogP contribution in [0, 0.1) is 5.82 Å². The van der Waals surface area contributed by atoms with E-state index in [1.165, 1.54) is 23.9 Å². The van der Waals surface area contributed by atoms with Crippen molar-refractivity contribution in [3.63, 3.8) is 0 Å². The number of carbonyl (C=O) groups is 1. The summed E-state index contributed by atoms with van der Waals surface area (Å²) >= 11 is 1.47. The molecule has 4 aromatic rings. The quantitative estimate of drug-likeness (QED) is 0.420. The number of thioether (sulfide) groups is 1. The molecule has 162 valence electrons. The van der Waals surface area contributed by atoms with Gasteiger partial charge in [-0.3, -0.25) is 9.36 Å². The monoisotopic (exact) mass is 446 g/mol. The number of amides is 1. The molecule has 1 aromatic heterocycles. The van der Waals surface area contributed by atoms with Crippen molar-refractivity contribution in [3.05, 3.63) is 84.7 Å². The van der Waals surface area contributed by atoms with Crippen LogP contribution in [0.3, 0.4) is 0 Å². The third-order valence-electron chi connectivity index (χ3n) is 5.69. The molecule has 32 heavy (non-hydrogen) atoms. The fourth-order valence-electron chi connectivity index (χ4n) is 4.01. The van der Waals surface area contributed by atoms with Crippen LogP contribution in [0.15, 0.2) is 84.0 Å². The molecule has 0 radical (unpaired) electrons. The van der Waals surface area contributed by atoms with Gasteiger partial charge in [0.25, 0.3) is 0 Å². The van der Waals surface area contributed by atoms with Crippen LogP contribution < -0.4 is 4.90 Å². The predicted octanol–water partition coefficient (Wildman–Crippen LogP) is 4.61. The van der Waals surface area contributed by atoms with Gasteiger partial charge in [-0.05, 0) is 48.5 Å². The van der Waals surface area contributed by atoms with Crippen molar-refractivity contribution in [2.45, 2.75) is 5.16 Å². The molecular weight excluding hydrogens is 423 g/mol. The van der Waals surface area contributed by atoms with E-state index in [9.17, 15) is 9.18 Å². The lowest BCUT2D eigenvalue weighted by atomic mass is 10.2. The summed E-state index contributed by atoms with van der Waals surface area (Å²) in [5, 5.41) is 0.815. The summed E-state index contributed by atoms with van der Waals surface area (Å²) < 4.78 is 15.3. The van der Waals surface area contributed by atoms with Gasteiger partial charge in [-0.25, -0.2) is 9.37 Å². The van der Waals surface area contributed by atoms with Crippen LogP contribution in [-0.4, -0.2) is 52.3 Å². The van der Waals surface area contributed by atoms with Crippen LogP contribution in [0.4, 0.5) is 10.1 Å². The number of hydrogen-bond donors (Lipinski definition) is 0. The van der Waals surface area contributed by atoms with Gasteiger partial charge in [0, 0.05) is 37.6 Å². The minimum atomic E-state index is -0.235. The van der Waals surface area contributed by atoms with E-state index >= 15 is 0 Å². The first kappa shape index (κ1) is 20.6. The average molecular weight is 447 g/mol. The van der Waals surface area contributed by atoms with E-state index in [4.69, 9.17) is 4.98 Å². The molecule has 2 heterocycles. The maximum Gasteiger partial charge on any atom is 0.233 e. The minimum Gasteiger partial charge on any atom is -0.368 e. The summed E-state index contributed by atoms with van der Waals surface area (Å²) in [5.41, 5.74) is 3.97. The van der Waals surface area contributed by atoms with Gasteiger partial charge in [-0.1, -0.05) is 42.1 Å². The Morgan fingerprint density at radius 3 is 2.28 bits per heavy atom. The second-order valence-corrected chi connectivity index (χ2v) is 8.63. The van der Waals surface area contributed by atoms with Crippen molar-refractivity contribution < 1.29 is 9.18 Å². The number of imidazole rings is 1. The van der Waals surface area contributed by atoms with E-state index in [2.05, 4.69) is 27.7 Å². The SMILES string of the molecule is O=C(CSc1nc2ccccc2n1-c1ccccc1)N1CCN(c2ccc(F)cc2)CC1. The zero-order valence-corrected chi connectivity index (χ0v) is 18.3. The zero-order valence-electron chi connectivity index (χ0n) is 17.5. The summed E-state index contributed by atoms with van der Waals surface area (Å²) in [6.45, 7) is 2.80. The van der Waals surface area contributed by atoms with Gasteiger partial charge in [0.05, 0.1) is 16.8 Å². The first-order valence-corrected chi connectivity index (χ1v) is 11.6. The number of hydrogen-bond acceptors (Lipinski definition) is 4. The molecular formula is C25H23FN4OS. The van der Waals surface area contributed by atoms with Crippen molar-refractivity contribution in [3.8, 4) is 5.69 Å². The Balaban J connectivity index is 1.26. The smallest absolute Gasteiger partial charge is 0.233 e. The number of aromatic nitrogens is 2. The van der Waals surface area contributed by atoms with E-state index in [1.54, 1.807) is 12.1 Å². The number of halogens is 1. The van der Waals surface area contributed by atoms with Gasteiger partial charge in [-0.2, -0.15) is 0 Å². The van der Waals surface area contributed by atoms with E-state index in [0.717, 1.165) is 40.7 Å². The Hall–Kier alpha value is -3.32. The van der Waals surface area contributed by atoms with E-state index in [1.807, 2.05) is 41.3 Å². The fourth-order valence-corrected chi connectivity index (χ4v) is 4.94. The Bertz CT molecular complexity index is 1220. The van der Waals surface area contributed by atoms with Crippen LogP contribution in [0.25, 0.3) is 16.7 Å². The highest BCUT2D eigenvalue weighted by atomic mass is 32.2. The minimum absolute atomic E-state index is 0.112. The second-order valence-electron chi connectivity index (χ2n) is 7.69. The molecule has 0 N–H and O–H groups in total. The van der Waals surface area contributed by atoms with Gasteiger partial charge in [-0.15, -0.1) is 0 Å². The Morgan fingerprint density at radius 2 is 1.53 bits per heavy atom. The molecule has 1 saturated heterocycles. The molecule has 3 aromatic carbocycles. The highest BCUT2D eigenvalue weighted by Crippen LogP contribution is 2.28. The van der Waals surface area contributed by atoms with Gasteiger partial charge in [0.1, 0.15) is 5.82 Å². The van der Waals surface area contributed by atoms with Gasteiger partial charge < -0.3 is 9.80 Å². The highest BCUT2D eigenvalue weighted by Gasteiger charge is 2.22. The lowest BCUT2D eigenvalue weighted by Gasteiger charge is -2.36. The first-order chi connectivity index (χ1) is 15.7. The molecule has 0 unspecified atom stereocenters. The number of piperazine rings is 1. The largest absolute Gasteiger partial charge is 0.368 e. The number of fused-ring (bicyclic) bond motifs is 1. The van der Waals surface area contributed by atoms with Crippen LogP contribution >= 0.6 is 11.8 Å². The number of anilines is 1. The summed E-state index contributed by atoms with van der Waals surface area (Å²) in [6, 6.07) is 24.7. The fraction of sp³-hybridized carbons (Fsp3) is 0.200. The number of nitrogens with zero attached hydrogens (tertiary/aromatic N) is 4. The molecule has 0 aliphatic carbocycles. The summed E-state index contributed by atoms with van der Waals surface area (Å²) in [4.78, 5) is 21.8. The van der Waals surface area contributed by atoms with E-state index in [0.29, 0.717) is 18.8 Å². The molecule has 1 aliphatic heterocycles. The molecule has 0 saturated carbocycles. The number of carbonyl (C=O) groups excluding carboxylic acids is 1. The maximum absolute atomic E-state index is 13.2. The average Bonchev–Trinajstić information content (AvgIpc) is 3.22. The number of para-hydroxylation sites is 3. The van der Waals surface area contributed by atoms with Crippen molar-refractivity contribution >= 4 is 34.4 Å². The molecule has 0 atom stereocenters. The highest BCUT2D eigenvalue weighted by molar-refractivity contribution is 7.99. The normalized spacial score (nSPS) is 14.2. The molecule has 0 spiro atoms. The maximum atomic E-state index is 13.2. The van der Waals surface area contributed by atoms with Crippen LogP contribution in [0.1, 0.15) is 0 Å². The molecule has 5 rings (SSSR count). The Kier molecular flexibility index (Phi) is 5.81.